The van der Waals surface area contributed by atoms with Crippen molar-refractivity contribution in [1.82, 2.24) is 4.90 Å². The van der Waals surface area contributed by atoms with Gasteiger partial charge in [0.25, 0.3) is 0 Å². The summed E-state index contributed by atoms with van der Waals surface area (Å²) in [6.45, 7) is 6.45. The van der Waals surface area contributed by atoms with Gasteiger partial charge in [0.15, 0.2) is 0 Å². The van der Waals surface area contributed by atoms with Crippen LogP contribution in [0.25, 0.3) is 0 Å². The predicted octanol–water partition coefficient (Wildman–Crippen LogP) is 1.53. The number of amides is 1. The molecule has 2 N–H and O–H groups in total. The second-order valence-electron chi connectivity index (χ2n) is 8.09. The number of hydrogen-bond donors (Lipinski definition) is 1. The van der Waals surface area contributed by atoms with Crippen LogP contribution in [-0.4, -0.2) is 46.5 Å². The summed E-state index contributed by atoms with van der Waals surface area (Å²) in [5.41, 5.74) is 3.49. The van der Waals surface area contributed by atoms with E-state index in [4.69, 9.17) is 15.2 Å². The fourth-order valence-corrected chi connectivity index (χ4v) is 3.29. The van der Waals surface area contributed by atoms with E-state index in [0.29, 0.717) is 5.56 Å². The summed E-state index contributed by atoms with van der Waals surface area (Å²) >= 11 is 0. The quantitative estimate of drug-likeness (QED) is 0.742. The average molecular weight is 401 g/mol. The molecule has 0 aliphatic carbocycles. The van der Waals surface area contributed by atoms with Gasteiger partial charge in [0, 0.05) is 6.54 Å². The lowest BCUT2D eigenvalue weighted by Gasteiger charge is -2.35. The fraction of sp³-hybridized carbons (Fsp3) is 0.524. The van der Waals surface area contributed by atoms with Crippen molar-refractivity contribution >= 4 is 17.8 Å². The zero-order chi connectivity index (χ0) is 21.8. The summed E-state index contributed by atoms with van der Waals surface area (Å²) in [6, 6.07) is 9.86. The minimum absolute atomic E-state index is 0.0261. The highest BCUT2D eigenvalue weighted by Gasteiger charge is 2.62. The standard InChI is InChI=1S/C21H27N3O5/c1-14(23)17(25)24-11-10-16(18(26)29-20(2,3)4)21(24,13-22)19(27)28-12-15-8-6-5-7-9-15/h5-9,14,16H,10-12,23H2,1-4H3/t14-,16?,21-/m0/s1. The minimum Gasteiger partial charge on any atom is -0.460 e. The monoisotopic (exact) mass is 401 g/mol. The van der Waals surface area contributed by atoms with Crippen LogP contribution in [0.2, 0.25) is 0 Å². The van der Waals surface area contributed by atoms with Gasteiger partial charge in [-0.25, -0.2) is 4.79 Å². The van der Waals surface area contributed by atoms with E-state index < -0.39 is 40.9 Å². The Labute approximate surface area is 170 Å². The third-order valence-electron chi connectivity index (χ3n) is 4.61. The number of carbonyl (C=O) groups is 3. The van der Waals surface area contributed by atoms with Crippen molar-refractivity contribution in [3.63, 3.8) is 0 Å². The van der Waals surface area contributed by atoms with Gasteiger partial charge in [0.2, 0.25) is 11.4 Å². The topological polar surface area (TPSA) is 123 Å². The van der Waals surface area contributed by atoms with Gasteiger partial charge in [0.05, 0.1) is 6.04 Å². The van der Waals surface area contributed by atoms with Crippen LogP contribution in [0.5, 0.6) is 0 Å². The fourth-order valence-electron chi connectivity index (χ4n) is 3.29. The third-order valence-corrected chi connectivity index (χ3v) is 4.61. The van der Waals surface area contributed by atoms with Crippen LogP contribution in [0.4, 0.5) is 0 Å². The molecule has 1 amide bonds. The summed E-state index contributed by atoms with van der Waals surface area (Å²) in [6.07, 6.45) is 0.0986. The second-order valence-corrected chi connectivity index (χ2v) is 8.09. The number of ether oxygens (including phenoxy) is 2. The first-order valence-corrected chi connectivity index (χ1v) is 9.45. The lowest BCUT2D eigenvalue weighted by molar-refractivity contribution is -0.172. The largest absolute Gasteiger partial charge is 0.460 e. The summed E-state index contributed by atoms with van der Waals surface area (Å²) in [5, 5.41) is 10.0. The summed E-state index contributed by atoms with van der Waals surface area (Å²) < 4.78 is 10.8. The Hall–Kier alpha value is -2.92. The van der Waals surface area contributed by atoms with Crippen LogP contribution >= 0.6 is 0 Å². The van der Waals surface area contributed by atoms with Gasteiger partial charge in [-0.1, -0.05) is 30.3 Å². The predicted molar refractivity (Wildman–Crippen MR) is 104 cm³/mol. The molecule has 0 radical (unpaired) electrons. The van der Waals surface area contributed by atoms with Gasteiger partial charge in [-0.05, 0) is 39.7 Å². The molecule has 1 aromatic rings. The van der Waals surface area contributed by atoms with Crippen LogP contribution in [0.3, 0.4) is 0 Å². The highest BCUT2D eigenvalue weighted by molar-refractivity contribution is 5.98. The van der Waals surface area contributed by atoms with Crippen molar-refractivity contribution in [3.05, 3.63) is 35.9 Å². The molecule has 1 fully saturated rings. The number of likely N-dealkylation sites (tertiary alicyclic amines) is 1. The lowest BCUT2D eigenvalue weighted by atomic mass is 9.85. The first kappa shape index (κ1) is 22.4. The van der Waals surface area contributed by atoms with E-state index in [1.807, 2.05) is 12.1 Å². The minimum atomic E-state index is -2.12. The number of hydrogen-bond acceptors (Lipinski definition) is 7. The second kappa shape index (κ2) is 8.62. The van der Waals surface area contributed by atoms with E-state index >= 15 is 0 Å². The molecular weight excluding hydrogens is 374 g/mol. The molecular formula is C21H27N3O5. The molecule has 29 heavy (non-hydrogen) atoms. The molecule has 1 unspecified atom stereocenters. The van der Waals surface area contributed by atoms with E-state index in [2.05, 4.69) is 0 Å². The molecule has 1 aliphatic rings. The van der Waals surface area contributed by atoms with E-state index in [9.17, 15) is 19.6 Å². The zero-order valence-electron chi connectivity index (χ0n) is 17.2. The molecule has 0 bridgehead atoms. The Morgan fingerprint density at radius 2 is 1.93 bits per heavy atom. The lowest BCUT2D eigenvalue weighted by Crippen LogP contribution is -2.60. The van der Waals surface area contributed by atoms with Crippen LogP contribution in [0.15, 0.2) is 30.3 Å². The molecule has 3 atom stereocenters. The number of esters is 2. The highest BCUT2D eigenvalue weighted by Crippen LogP contribution is 2.38. The van der Waals surface area contributed by atoms with Crippen molar-refractivity contribution in [1.29, 1.82) is 5.26 Å². The smallest absolute Gasteiger partial charge is 0.348 e. The van der Waals surface area contributed by atoms with Crippen molar-refractivity contribution in [3.8, 4) is 6.07 Å². The Balaban J connectivity index is 2.38. The first-order chi connectivity index (χ1) is 13.5. The molecule has 8 heteroatoms. The van der Waals surface area contributed by atoms with Crippen molar-refractivity contribution < 1.29 is 23.9 Å². The Bertz CT molecular complexity index is 810. The third kappa shape index (κ3) is 4.74. The molecule has 1 aliphatic heterocycles. The molecule has 0 saturated carbocycles. The van der Waals surface area contributed by atoms with E-state index in [0.717, 1.165) is 4.90 Å². The summed E-state index contributed by atoms with van der Waals surface area (Å²) in [5.74, 6) is -3.46. The van der Waals surface area contributed by atoms with Crippen molar-refractivity contribution in [2.45, 2.75) is 57.9 Å². The molecule has 1 heterocycles. The Morgan fingerprint density at radius 3 is 2.45 bits per heavy atom. The van der Waals surface area contributed by atoms with Gasteiger partial charge in [0.1, 0.15) is 24.2 Å². The number of benzene rings is 1. The van der Waals surface area contributed by atoms with Gasteiger partial charge >= 0.3 is 11.9 Å². The number of nitrogens with zero attached hydrogens (tertiary/aromatic N) is 2. The molecule has 0 spiro atoms. The van der Waals surface area contributed by atoms with E-state index in [1.165, 1.54) is 6.92 Å². The number of carbonyl (C=O) groups excluding carboxylic acids is 3. The maximum Gasteiger partial charge on any atom is 0.348 e. The maximum atomic E-state index is 13.1. The molecule has 0 aromatic heterocycles. The SMILES string of the molecule is C[C@H](N)C(=O)N1CCC(C(=O)OC(C)(C)C)[C@@]1(C#N)C(=O)OCc1ccccc1. The average Bonchev–Trinajstić information content (AvgIpc) is 3.05. The van der Waals surface area contributed by atoms with Gasteiger partial charge in [-0.2, -0.15) is 5.26 Å². The van der Waals surface area contributed by atoms with Crippen molar-refractivity contribution in [2.24, 2.45) is 11.7 Å². The van der Waals surface area contributed by atoms with Gasteiger partial charge in [-0.3, -0.25) is 9.59 Å². The highest BCUT2D eigenvalue weighted by atomic mass is 16.6. The molecule has 156 valence electrons. The zero-order valence-corrected chi connectivity index (χ0v) is 17.2. The van der Waals surface area contributed by atoms with E-state index in [-0.39, 0.29) is 19.6 Å². The van der Waals surface area contributed by atoms with E-state index in [1.54, 1.807) is 45.0 Å². The Morgan fingerprint density at radius 1 is 1.31 bits per heavy atom. The molecule has 8 nitrogen and oxygen atoms in total. The number of nitriles is 1. The molecule has 2 rings (SSSR count). The number of nitrogens with two attached hydrogens (primary N) is 1. The van der Waals surface area contributed by atoms with Crippen LogP contribution in [0, 0.1) is 17.2 Å². The van der Waals surface area contributed by atoms with Crippen LogP contribution < -0.4 is 5.73 Å². The summed E-state index contributed by atoms with van der Waals surface area (Å²) in [4.78, 5) is 39.6. The molecule has 1 saturated heterocycles. The van der Waals surface area contributed by atoms with Crippen LogP contribution in [-0.2, 0) is 30.5 Å². The van der Waals surface area contributed by atoms with Gasteiger partial charge < -0.3 is 20.1 Å². The summed E-state index contributed by atoms with van der Waals surface area (Å²) in [7, 11) is 0. The van der Waals surface area contributed by atoms with Crippen molar-refractivity contribution in [2.75, 3.05) is 6.54 Å². The first-order valence-electron chi connectivity index (χ1n) is 9.45. The normalized spacial score (nSPS) is 22.5. The maximum absolute atomic E-state index is 13.1. The van der Waals surface area contributed by atoms with Gasteiger partial charge in [-0.15, -0.1) is 0 Å². The van der Waals surface area contributed by atoms with Crippen LogP contribution in [0.1, 0.15) is 39.7 Å². The Kier molecular flexibility index (Phi) is 6.65. The molecule has 1 aromatic carbocycles. The number of rotatable bonds is 5.